The molecule has 8 nitrogen and oxygen atoms in total. The van der Waals surface area contributed by atoms with Crippen LogP contribution in [0.5, 0.6) is 0 Å². The number of fused-ring (bicyclic) bond motifs is 3. The van der Waals surface area contributed by atoms with Crippen LogP contribution in [0.1, 0.15) is 44.7 Å². The van der Waals surface area contributed by atoms with E-state index in [9.17, 15) is 14.4 Å². The minimum atomic E-state index is -1.19. The summed E-state index contributed by atoms with van der Waals surface area (Å²) in [6, 6.07) is 15.6. The van der Waals surface area contributed by atoms with Gasteiger partial charge in [0.15, 0.2) is 6.61 Å². The molecule has 8 heteroatoms. The first-order chi connectivity index (χ1) is 16.0. The van der Waals surface area contributed by atoms with Crippen LogP contribution in [0.3, 0.4) is 0 Å². The molecule has 0 aromatic heterocycles. The molecule has 182 valence electrons. The van der Waals surface area contributed by atoms with Crippen molar-refractivity contribution in [2.45, 2.75) is 39.7 Å². The lowest BCUT2D eigenvalue weighted by Crippen LogP contribution is -2.55. The van der Waals surface area contributed by atoms with Gasteiger partial charge in [-0.2, -0.15) is 0 Å². The zero-order valence-corrected chi connectivity index (χ0v) is 20.2. The quantitative estimate of drug-likeness (QED) is 0.538. The summed E-state index contributed by atoms with van der Waals surface area (Å²) in [6.45, 7) is 6.68. The number of carboxylic acid groups (broad SMARTS) is 1. The van der Waals surface area contributed by atoms with E-state index in [2.05, 4.69) is 17.4 Å². The summed E-state index contributed by atoms with van der Waals surface area (Å²) in [4.78, 5) is 41.6. The fourth-order valence-corrected chi connectivity index (χ4v) is 4.70. The minimum absolute atomic E-state index is 0.0687. The molecular weight excluding hydrogens is 436 g/mol. The van der Waals surface area contributed by atoms with E-state index in [4.69, 9.17) is 14.7 Å². The number of hydrogen-bond acceptors (Lipinski definition) is 5. The Balaban J connectivity index is 1.69. The number of rotatable bonds is 9. The standard InChI is InChI=1S/C26H32N2O6/c1-16(2)23(26(3,4)24(31)28(5)34-15-22(29)30)27-25(32)33-14-21-19-12-8-6-10-17(19)18-11-7-9-13-20(18)21/h6-13,16,21,23H,14-15H2,1-5H3,(H,27,32)(H,29,30). The Bertz CT molecular complexity index is 1020. The minimum Gasteiger partial charge on any atom is -0.479 e. The van der Waals surface area contributed by atoms with Gasteiger partial charge in [-0.3, -0.25) is 9.63 Å². The molecule has 0 bridgehead atoms. The van der Waals surface area contributed by atoms with Crippen LogP contribution in [0, 0.1) is 11.3 Å². The Morgan fingerprint density at radius 3 is 2.06 bits per heavy atom. The van der Waals surface area contributed by atoms with Crippen LogP contribution in [-0.2, 0) is 19.2 Å². The molecule has 3 rings (SSSR count). The van der Waals surface area contributed by atoms with Crippen molar-refractivity contribution in [3.63, 3.8) is 0 Å². The maximum absolute atomic E-state index is 13.0. The zero-order chi connectivity index (χ0) is 25.0. The third-order valence-corrected chi connectivity index (χ3v) is 6.28. The van der Waals surface area contributed by atoms with E-state index in [1.807, 2.05) is 50.2 Å². The third kappa shape index (κ3) is 5.22. The van der Waals surface area contributed by atoms with Gasteiger partial charge in [-0.1, -0.05) is 62.4 Å². The van der Waals surface area contributed by atoms with Gasteiger partial charge in [0.05, 0.1) is 5.41 Å². The van der Waals surface area contributed by atoms with Crippen molar-refractivity contribution >= 4 is 18.0 Å². The van der Waals surface area contributed by atoms with Crippen LogP contribution in [0.25, 0.3) is 11.1 Å². The number of ether oxygens (including phenoxy) is 1. The number of benzene rings is 2. The summed E-state index contributed by atoms with van der Waals surface area (Å²) in [6.07, 6.45) is -0.615. The first kappa shape index (κ1) is 25.2. The number of nitrogens with zero attached hydrogens (tertiary/aromatic N) is 1. The second-order valence-corrected chi connectivity index (χ2v) is 9.38. The van der Waals surface area contributed by atoms with Crippen LogP contribution in [0.15, 0.2) is 48.5 Å². The highest BCUT2D eigenvalue weighted by atomic mass is 16.7. The fraction of sp³-hybridized carbons (Fsp3) is 0.423. The monoisotopic (exact) mass is 468 g/mol. The van der Waals surface area contributed by atoms with E-state index in [1.165, 1.54) is 7.05 Å². The molecule has 2 N–H and O–H groups in total. The van der Waals surface area contributed by atoms with E-state index < -0.39 is 36.0 Å². The molecule has 0 heterocycles. The fourth-order valence-electron chi connectivity index (χ4n) is 4.70. The number of carboxylic acids is 1. The molecule has 1 unspecified atom stereocenters. The van der Waals surface area contributed by atoms with E-state index in [0.717, 1.165) is 27.3 Å². The molecule has 0 radical (unpaired) electrons. The number of carbonyl (C=O) groups excluding carboxylic acids is 2. The highest BCUT2D eigenvalue weighted by Gasteiger charge is 2.42. The summed E-state index contributed by atoms with van der Waals surface area (Å²) in [5.74, 6) is -1.81. The third-order valence-electron chi connectivity index (χ3n) is 6.28. The molecule has 0 spiro atoms. The van der Waals surface area contributed by atoms with Crippen molar-refractivity contribution in [2.75, 3.05) is 20.3 Å². The van der Waals surface area contributed by atoms with Crippen LogP contribution in [0.2, 0.25) is 0 Å². The lowest BCUT2D eigenvalue weighted by Gasteiger charge is -2.38. The Hall–Kier alpha value is -3.39. The second kappa shape index (κ2) is 10.3. The van der Waals surface area contributed by atoms with Crippen LogP contribution < -0.4 is 5.32 Å². The van der Waals surface area contributed by atoms with Crippen molar-refractivity contribution in [2.24, 2.45) is 11.3 Å². The van der Waals surface area contributed by atoms with E-state index in [0.29, 0.717) is 0 Å². The summed E-state index contributed by atoms with van der Waals surface area (Å²) in [5.41, 5.74) is 3.44. The lowest BCUT2D eigenvalue weighted by molar-refractivity contribution is -0.194. The zero-order valence-electron chi connectivity index (χ0n) is 20.2. The molecule has 0 fully saturated rings. The average Bonchev–Trinajstić information content (AvgIpc) is 3.12. The number of hydrogen-bond donors (Lipinski definition) is 2. The first-order valence-corrected chi connectivity index (χ1v) is 11.3. The molecule has 0 aliphatic heterocycles. The predicted molar refractivity (Wildman–Crippen MR) is 127 cm³/mol. The maximum atomic E-state index is 13.0. The van der Waals surface area contributed by atoms with Crippen molar-refractivity contribution in [1.29, 1.82) is 0 Å². The van der Waals surface area contributed by atoms with E-state index >= 15 is 0 Å². The maximum Gasteiger partial charge on any atom is 0.407 e. The highest BCUT2D eigenvalue weighted by Crippen LogP contribution is 2.44. The summed E-state index contributed by atoms with van der Waals surface area (Å²) < 4.78 is 5.65. The molecule has 1 atom stereocenters. The van der Waals surface area contributed by atoms with Gasteiger partial charge in [-0.15, -0.1) is 0 Å². The molecular formula is C26H32N2O6. The largest absolute Gasteiger partial charge is 0.479 e. The molecule has 2 aromatic rings. The molecule has 0 saturated carbocycles. The van der Waals surface area contributed by atoms with Crippen LogP contribution >= 0.6 is 0 Å². The van der Waals surface area contributed by atoms with Gasteiger partial charge in [0.25, 0.3) is 5.91 Å². The van der Waals surface area contributed by atoms with Crippen molar-refractivity contribution in [3.05, 3.63) is 59.7 Å². The Morgan fingerprint density at radius 2 is 1.56 bits per heavy atom. The predicted octanol–water partition coefficient (Wildman–Crippen LogP) is 4.05. The molecule has 1 aliphatic rings. The number of nitrogens with one attached hydrogen (secondary N) is 1. The number of hydroxylamine groups is 2. The summed E-state index contributed by atoms with van der Waals surface area (Å²) in [5, 5.41) is 12.6. The summed E-state index contributed by atoms with van der Waals surface area (Å²) in [7, 11) is 1.36. The van der Waals surface area contributed by atoms with Crippen LogP contribution in [0.4, 0.5) is 4.79 Å². The van der Waals surface area contributed by atoms with Gasteiger partial charge in [0.2, 0.25) is 0 Å². The lowest BCUT2D eigenvalue weighted by atomic mass is 9.77. The Labute approximate surface area is 199 Å². The average molecular weight is 469 g/mol. The Morgan fingerprint density at radius 1 is 1.03 bits per heavy atom. The summed E-state index contributed by atoms with van der Waals surface area (Å²) >= 11 is 0. The molecule has 0 saturated heterocycles. The molecule has 34 heavy (non-hydrogen) atoms. The SMILES string of the molecule is CC(C)C(NC(=O)OCC1c2ccccc2-c2ccccc21)C(C)(C)C(=O)N(C)OCC(=O)O. The number of alkyl carbamates (subject to hydrolysis) is 1. The second-order valence-electron chi connectivity index (χ2n) is 9.38. The van der Waals surface area contributed by atoms with Gasteiger partial charge in [-0.05, 0) is 42.0 Å². The van der Waals surface area contributed by atoms with E-state index in [1.54, 1.807) is 13.8 Å². The normalized spacial score (nSPS) is 13.7. The van der Waals surface area contributed by atoms with Gasteiger partial charge >= 0.3 is 12.1 Å². The van der Waals surface area contributed by atoms with Crippen molar-refractivity contribution < 1.29 is 29.1 Å². The van der Waals surface area contributed by atoms with Crippen LogP contribution in [-0.4, -0.2) is 54.4 Å². The van der Waals surface area contributed by atoms with Gasteiger partial charge in [0, 0.05) is 19.0 Å². The number of amides is 2. The molecule has 2 amide bonds. The van der Waals surface area contributed by atoms with Crippen molar-refractivity contribution in [3.8, 4) is 11.1 Å². The molecule has 1 aliphatic carbocycles. The van der Waals surface area contributed by atoms with E-state index in [-0.39, 0.29) is 18.4 Å². The smallest absolute Gasteiger partial charge is 0.407 e. The molecule has 2 aromatic carbocycles. The number of carbonyl (C=O) groups is 3. The van der Waals surface area contributed by atoms with Gasteiger partial charge in [-0.25, -0.2) is 14.7 Å². The van der Waals surface area contributed by atoms with Gasteiger partial charge < -0.3 is 15.2 Å². The van der Waals surface area contributed by atoms with Gasteiger partial charge in [0.1, 0.15) is 6.61 Å². The Kier molecular flexibility index (Phi) is 7.61. The number of aliphatic carboxylic acids is 1. The van der Waals surface area contributed by atoms with Crippen molar-refractivity contribution in [1.82, 2.24) is 10.4 Å². The highest BCUT2D eigenvalue weighted by molar-refractivity contribution is 5.83. The topological polar surface area (TPSA) is 105 Å². The first-order valence-electron chi connectivity index (χ1n) is 11.3.